The second-order valence-electron chi connectivity index (χ2n) is 5.23. The summed E-state index contributed by atoms with van der Waals surface area (Å²) in [5.41, 5.74) is 0.877. The molecule has 114 valence electrons. The molecule has 1 unspecified atom stereocenters. The van der Waals surface area contributed by atoms with Gasteiger partial charge in [0, 0.05) is 24.7 Å². The van der Waals surface area contributed by atoms with Crippen LogP contribution in [-0.4, -0.2) is 39.5 Å². The molecule has 9 heteroatoms. The van der Waals surface area contributed by atoms with Gasteiger partial charge in [0.2, 0.25) is 0 Å². The van der Waals surface area contributed by atoms with Crippen molar-refractivity contribution in [2.75, 3.05) is 18.5 Å². The number of nitrogens with zero attached hydrogens (tertiary/aromatic N) is 2. The second-order valence-corrected chi connectivity index (χ2v) is 5.63. The molecule has 1 fully saturated rings. The summed E-state index contributed by atoms with van der Waals surface area (Å²) in [5, 5.41) is 20.9. The lowest BCUT2D eigenvalue weighted by atomic mass is 10.1. The first-order valence-electron chi connectivity index (χ1n) is 6.21. The highest BCUT2D eigenvalue weighted by Gasteiger charge is 2.35. The minimum atomic E-state index is -0.940. The molecule has 0 aliphatic carbocycles. The van der Waals surface area contributed by atoms with Gasteiger partial charge in [-0.1, -0.05) is 11.6 Å². The van der Waals surface area contributed by atoms with E-state index in [0.29, 0.717) is 13.0 Å². The van der Waals surface area contributed by atoms with Gasteiger partial charge in [-0.25, -0.2) is 0 Å². The van der Waals surface area contributed by atoms with E-state index in [2.05, 4.69) is 5.43 Å². The monoisotopic (exact) mass is 314 g/mol. The molecule has 8 nitrogen and oxygen atoms in total. The van der Waals surface area contributed by atoms with Crippen LogP contribution in [0.15, 0.2) is 12.1 Å². The van der Waals surface area contributed by atoms with Crippen molar-refractivity contribution in [3.63, 3.8) is 0 Å². The molecule has 0 saturated carbocycles. The van der Waals surface area contributed by atoms with Crippen molar-refractivity contribution in [1.29, 1.82) is 0 Å². The lowest BCUT2D eigenvalue weighted by Gasteiger charge is -2.19. The van der Waals surface area contributed by atoms with Crippen LogP contribution >= 0.6 is 11.6 Å². The number of amides is 1. The number of hydrazine groups is 1. The third kappa shape index (κ3) is 3.07. The maximum Gasteiger partial charge on any atom is 0.295 e. The zero-order valence-corrected chi connectivity index (χ0v) is 12.1. The molecule has 1 atom stereocenters. The highest BCUT2D eigenvalue weighted by Crippen LogP contribution is 2.34. The number of nitro groups is 1. The number of carbonyl (C=O) groups is 1. The molecule has 1 aromatic rings. The van der Waals surface area contributed by atoms with Gasteiger partial charge in [0.15, 0.2) is 0 Å². The first-order chi connectivity index (χ1) is 9.75. The van der Waals surface area contributed by atoms with Crippen molar-refractivity contribution in [1.82, 2.24) is 4.90 Å². The van der Waals surface area contributed by atoms with Crippen LogP contribution < -0.4 is 11.3 Å². The number of nitrogens with one attached hydrogen (secondary N) is 1. The fourth-order valence-corrected chi connectivity index (χ4v) is 2.57. The van der Waals surface area contributed by atoms with Gasteiger partial charge in [-0.05, 0) is 19.4 Å². The Kier molecular flexibility index (Phi) is 4.04. The molecule has 0 bridgehead atoms. The summed E-state index contributed by atoms with van der Waals surface area (Å²) in [7, 11) is 0. The van der Waals surface area contributed by atoms with E-state index in [1.807, 2.05) is 0 Å². The van der Waals surface area contributed by atoms with Gasteiger partial charge < -0.3 is 15.4 Å². The van der Waals surface area contributed by atoms with Crippen molar-refractivity contribution in [2.45, 2.75) is 18.9 Å². The predicted octanol–water partition coefficient (Wildman–Crippen LogP) is 1.13. The molecule has 1 aromatic carbocycles. The van der Waals surface area contributed by atoms with Gasteiger partial charge in [-0.15, -0.1) is 0 Å². The fraction of sp³-hybridized carbons (Fsp3) is 0.417. The van der Waals surface area contributed by atoms with Gasteiger partial charge >= 0.3 is 0 Å². The standard InChI is InChI=1S/C12H15ClN4O4/c1-12(19)2-3-16(6-12)11(18)7-4-8(13)10(15-14)9(5-7)17(20)21/h4-5,15,19H,2-3,6,14H2,1H3. The normalized spacial score (nSPS) is 21.4. The van der Waals surface area contributed by atoms with E-state index in [1.54, 1.807) is 6.92 Å². The van der Waals surface area contributed by atoms with Gasteiger partial charge in [0.1, 0.15) is 5.69 Å². The molecule has 0 spiro atoms. The summed E-state index contributed by atoms with van der Waals surface area (Å²) in [5.74, 6) is 4.79. The van der Waals surface area contributed by atoms with Gasteiger partial charge in [-0.3, -0.25) is 20.8 Å². The molecular formula is C12H15ClN4O4. The lowest BCUT2D eigenvalue weighted by molar-refractivity contribution is -0.384. The van der Waals surface area contributed by atoms with E-state index in [-0.39, 0.29) is 28.5 Å². The van der Waals surface area contributed by atoms with Crippen molar-refractivity contribution in [2.24, 2.45) is 5.84 Å². The number of benzene rings is 1. The number of halogens is 1. The molecule has 1 amide bonds. The molecule has 1 heterocycles. The van der Waals surface area contributed by atoms with Crippen LogP contribution in [0.4, 0.5) is 11.4 Å². The number of nitro benzene ring substituents is 1. The largest absolute Gasteiger partial charge is 0.388 e. The summed E-state index contributed by atoms with van der Waals surface area (Å²) < 4.78 is 0. The van der Waals surface area contributed by atoms with Crippen molar-refractivity contribution < 1.29 is 14.8 Å². The topological polar surface area (TPSA) is 122 Å². The predicted molar refractivity (Wildman–Crippen MR) is 77.1 cm³/mol. The summed E-state index contributed by atoms with van der Waals surface area (Å²) in [6.07, 6.45) is 0.455. The second kappa shape index (κ2) is 5.47. The van der Waals surface area contributed by atoms with E-state index in [1.165, 1.54) is 11.0 Å². The summed E-state index contributed by atoms with van der Waals surface area (Å²) in [6, 6.07) is 2.44. The summed E-state index contributed by atoms with van der Waals surface area (Å²) >= 11 is 5.92. The van der Waals surface area contributed by atoms with E-state index in [0.717, 1.165) is 6.07 Å². The maximum absolute atomic E-state index is 12.3. The zero-order chi connectivity index (χ0) is 15.8. The van der Waals surface area contributed by atoms with E-state index in [4.69, 9.17) is 17.4 Å². The summed E-state index contributed by atoms with van der Waals surface area (Å²) in [4.78, 5) is 24.1. The Morgan fingerprint density at radius 2 is 2.29 bits per heavy atom. The van der Waals surface area contributed by atoms with E-state index < -0.39 is 16.4 Å². The molecule has 4 N–H and O–H groups in total. The molecule has 2 rings (SSSR count). The average Bonchev–Trinajstić information content (AvgIpc) is 2.77. The van der Waals surface area contributed by atoms with Crippen LogP contribution in [0.5, 0.6) is 0 Å². The van der Waals surface area contributed by atoms with Crippen molar-refractivity contribution >= 4 is 28.9 Å². The third-order valence-corrected chi connectivity index (χ3v) is 3.69. The Labute approximate surface area is 125 Å². The highest BCUT2D eigenvalue weighted by atomic mass is 35.5. The number of rotatable bonds is 3. The SMILES string of the molecule is CC1(O)CCN(C(=O)c2cc(Cl)c(NN)c([N+](=O)[O-])c2)C1. The molecule has 0 radical (unpaired) electrons. The molecule has 0 aromatic heterocycles. The summed E-state index contributed by atoms with van der Waals surface area (Å²) in [6.45, 7) is 2.19. The molecule has 1 aliphatic heterocycles. The Bertz CT molecular complexity index is 605. The van der Waals surface area contributed by atoms with E-state index >= 15 is 0 Å². The number of nitrogens with two attached hydrogens (primary N) is 1. The fourth-order valence-electron chi connectivity index (χ4n) is 2.30. The Balaban J connectivity index is 2.37. The van der Waals surface area contributed by atoms with Crippen LogP contribution in [0.2, 0.25) is 5.02 Å². The number of likely N-dealkylation sites (tertiary alicyclic amines) is 1. The molecule has 1 aliphatic rings. The van der Waals surface area contributed by atoms with Crippen molar-refractivity contribution in [3.05, 3.63) is 32.8 Å². The quantitative estimate of drug-likeness (QED) is 0.437. The maximum atomic E-state index is 12.3. The van der Waals surface area contributed by atoms with Gasteiger partial charge in [0.05, 0.1) is 15.5 Å². The number of hydrogen-bond acceptors (Lipinski definition) is 6. The number of hydrogen-bond donors (Lipinski definition) is 3. The van der Waals surface area contributed by atoms with Crippen LogP contribution in [0, 0.1) is 10.1 Å². The Morgan fingerprint density at radius 3 is 2.76 bits per heavy atom. The Morgan fingerprint density at radius 1 is 1.62 bits per heavy atom. The van der Waals surface area contributed by atoms with Crippen molar-refractivity contribution in [3.8, 4) is 0 Å². The lowest BCUT2D eigenvalue weighted by Crippen LogP contribution is -2.34. The van der Waals surface area contributed by atoms with Gasteiger partial charge in [0.25, 0.3) is 11.6 Å². The van der Waals surface area contributed by atoms with Crippen LogP contribution in [0.3, 0.4) is 0 Å². The Hall–Kier alpha value is -1.90. The number of carbonyl (C=O) groups excluding carboxylic acids is 1. The van der Waals surface area contributed by atoms with E-state index in [9.17, 15) is 20.0 Å². The molecular weight excluding hydrogens is 300 g/mol. The van der Waals surface area contributed by atoms with Crippen LogP contribution in [0.25, 0.3) is 0 Å². The number of nitrogen functional groups attached to an aromatic ring is 1. The first-order valence-corrected chi connectivity index (χ1v) is 6.59. The average molecular weight is 315 g/mol. The van der Waals surface area contributed by atoms with Crippen LogP contribution in [-0.2, 0) is 0 Å². The third-order valence-electron chi connectivity index (χ3n) is 3.40. The minimum absolute atomic E-state index is 0.0130. The zero-order valence-electron chi connectivity index (χ0n) is 11.3. The first kappa shape index (κ1) is 15.5. The molecule has 21 heavy (non-hydrogen) atoms. The minimum Gasteiger partial charge on any atom is -0.388 e. The number of anilines is 1. The highest BCUT2D eigenvalue weighted by molar-refractivity contribution is 6.34. The number of β-amino-alcohol motifs (C(OH)–C–C–N with tert-alkyl or cyclic N) is 1. The molecule has 1 saturated heterocycles. The van der Waals surface area contributed by atoms with Crippen LogP contribution in [0.1, 0.15) is 23.7 Å². The number of aliphatic hydroxyl groups is 1. The van der Waals surface area contributed by atoms with Gasteiger partial charge in [-0.2, -0.15) is 0 Å². The smallest absolute Gasteiger partial charge is 0.295 e.